The number of halogens is 1. The molecule has 0 amide bonds. The summed E-state index contributed by atoms with van der Waals surface area (Å²) in [5.41, 5.74) is 6.58. The number of carbonyl (C=O) groups is 1. The van der Waals surface area contributed by atoms with Crippen molar-refractivity contribution in [2.45, 2.75) is 6.92 Å². The number of esters is 1. The van der Waals surface area contributed by atoms with Crippen molar-refractivity contribution in [2.75, 3.05) is 6.61 Å². The monoisotopic (exact) mass is 732 g/mol. The standard InChI is InChI=1S/C42H29BrN4O4/c1-2-50-42(49)29-17-20-33(21-18-29)46-36(27-11-5-3-6-12-27)24-31(39(46)28-13-7-4-8-14-28)26-44-47-40(45-35-16-10-9-15-34(35)41(47)48)38-25-30-23-32(43)19-22-37(30)51-38/h3-26H,2H2,1H3. The maximum atomic E-state index is 14.1. The molecule has 0 fully saturated rings. The second kappa shape index (κ2) is 13.5. The Morgan fingerprint density at radius 1 is 0.843 bits per heavy atom. The van der Waals surface area contributed by atoms with Gasteiger partial charge in [-0.1, -0.05) is 88.7 Å². The summed E-state index contributed by atoms with van der Waals surface area (Å²) >= 11 is 3.53. The smallest absolute Gasteiger partial charge is 0.338 e. The Morgan fingerprint density at radius 3 is 2.29 bits per heavy atom. The number of para-hydroxylation sites is 1. The molecule has 0 saturated heterocycles. The van der Waals surface area contributed by atoms with E-state index < -0.39 is 0 Å². The third-order valence-electron chi connectivity index (χ3n) is 8.55. The van der Waals surface area contributed by atoms with Crippen molar-refractivity contribution in [3.63, 3.8) is 0 Å². The van der Waals surface area contributed by atoms with E-state index in [1.54, 1.807) is 37.4 Å². The van der Waals surface area contributed by atoms with E-state index in [4.69, 9.17) is 19.2 Å². The topological polar surface area (TPSA) is 91.6 Å². The minimum atomic E-state index is -0.377. The van der Waals surface area contributed by atoms with Crippen molar-refractivity contribution < 1.29 is 13.9 Å². The molecule has 0 bridgehead atoms. The van der Waals surface area contributed by atoms with Gasteiger partial charge >= 0.3 is 5.97 Å². The minimum absolute atomic E-state index is 0.279. The minimum Gasteiger partial charge on any atom is -0.462 e. The number of rotatable bonds is 8. The van der Waals surface area contributed by atoms with Crippen LogP contribution >= 0.6 is 15.9 Å². The summed E-state index contributed by atoms with van der Waals surface area (Å²) in [5, 5.41) is 6.15. The molecule has 5 aromatic carbocycles. The lowest BCUT2D eigenvalue weighted by Gasteiger charge is -2.15. The molecule has 51 heavy (non-hydrogen) atoms. The van der Waals surface area contributed by atoms with Crippen LogP contribution in [0.1, 0.15) is 22.8 Å². The van der Waals surface area contributed by atoms with Crippen LogP contribution in [0.2, 0.25) is 0 Å². The highest BCUT2D eigenvalue weighted by molar-refractivity contribution is 9.10. The lowest BCUT2D eigenvalue weighted by molar-refractivity contribution is 0.0526. The van der Waals surface area contributed by atoms with Crippen LogP contribution < -0.4 is 5.56 Å². The fourth-order valence-corrected chi connectivity index (χ4v) is 6.58. The van der Waals surface area contributed by atoms with Crippen molar-refractivity contribution in [3.8, 4) is 39.8 Å². The number of carbonyl (C=O) groups excluding carboxylic acids is 1. The molecule has 0 aliphatic heterocycles. The highest BCUT2D eigenvalue weighted by atomic mass is 79.9. The number of ether oxygens (including phenoxy) is 1. The Hall–Kier alpha value is -6.32. The van der Waals surface area contributed by atoms with Gasteiger partial charge in [0.25, 0.3) is 5.56 Å². The van der Waals surface area contributed by atoms with E-state index in [2.05, 4.69) is 26.6 Å². The molecule has 8 aromatic rings. The Morgan fingerprint density at radius 2 is 1.55 bits per heavy atom. The van der Waals surface area contributed by atoms with Crippen molar-refractivity contribution in [1.82, 2.24) is 14.2 Å². The molecule has 248 valence electrons. The fraction of sp³-hybridized carbons (Fsp3) is 0.0476. The van der Waals surface area contributed by atoms with Gasteiger partial charge in [0.15, 0.2) is 5.76 Å². The third kappa shape index (κ3) is 6.08. The zero-order valence-electron chi connectivity index (χ0n) is 27.4. The number of hydrogen-bond donors (Lipinski definition) is 0. The summed E-state index contributed by atoms with van der Waals surface area (Å²) < 4.78 is 15.8. The summed E-state index contributed by atoms with van der Waals surface area (Å²) in [5.74, 6) is 0.315. The van der Waals surface area contributed by atoms with Gasteiger partial charge in [-0.25, -0.2) is 9.78 Å². The number of fused-ring (bicyclic) bond motifs is 2. The van der Waals surface area contributed by atoms with Crippen LogP contribution in [-0.4, -0.2) is 33.0 Å². The summed E-state index contributed by atoms with van der Waals surface area (Å²) in [6.45, 7) is 2.08. The molecular weight excluding hydrogens is 704 g/mol. The van der Waals surface area contributed by atoms with Gasteiger partial charge in [0.05, 0.1) is 40.7 Å². The summed E-state index contributed by atoms with van der Waals surface area (Å²) in [4.78, 5) is 31.5. The first-order valence-corrected chi connectivity index (χ1v) is 17.2. The normalized spacial score (nSPS) is 11.5. The lowest BCUT2D eigenvalue weighted by atomic mass is 10.1. The number of nitrogens with zero attached hydrogens (tertiary/aromatic N) is 4. The summed E-state index contributed by atoms with van der Waals surface area (Å²) in [6.07, 6.45) is 1.69. The van der Waals surface area contributed by atoms with Gasteiger partial charge < -0.3 is 13.7 Å². The lowest BCUT2D eigenvalue weighted by Crippen LogP contribution is -2.20. The van der Waals surface area contributed by atoms with Crippen LogP contribution in [0.5, 0.6) is 0 Å². The first-order chi connectivity index (χ1) is 25.0. The highest BCUT2D eigenvalue weighted by Crippen LogP contribution is 2.36. The molecule has 0 aliphatic carbocycles. The van der Waals surface area contributed by atoms with E-state index in [9.17, 15) is 9.59 Å². The average molecular weight is 734 g/mol. The maximum absolute atomic E-state index is 14.1. The van der Waals surface area contributed by atoms with Gasteiger partial charge in [-0.15, -0.1) is 0 Å². The molecule has 0 spiro atoms. The molecule has 3 aromatic heterocycles. The van der Waals surface area contributed by atoms with Crippen molar-refractivity contribution in [1.29, 1.82) is 0 Å². The van der Waals surface area contributed by atoms with Crippen molar-refractivity contribution in [3.05, 3.63) is 165 Å². The van der Waals surface area contributed by atoms with Crippen molar-refractivity contribution >= 4 is 50.0 Å². The Kier molecular flexibility index (Phi) is 8.47. The quantitative estimate of drug-likeness (QED) is 0.115. The molecule has 8 nitrogen and oxygen atoms in total. The third-order valence-corrected chi connectivity index (χ3v) is 9.04. The van der Waals surface area contributed by atoms with E-state index in [1.165, 1.54) is 4.68 Å². The predicted octanol–water partition coefficient (Wildman–Crippen LogP) is 9.76. The molecule has 3 heterocycles. The number of aromatic nitrogens is 3. The largest absolute Gasteiger partial charge is 0.462 e. The Balaban J connectivity index is 1.35. The fourth-order valence-electron chi connectivity index (χ4n) is 6.21. The second-order valence-electron chi connectivity index (χ2n) is 11.8. The predicted molar refractivity (Wildman–Crippen MR) is 205 cm³/mol. The Labute approximate surface area is 301 Å². The second-order valence-corrected chi connectivity index (χ2v) is 12.7. The Bertz CT molecular complexity index is 2640. The van der Waals surface area contributed by atoms with E-state index in [1.807, 2.05) is 109 Å². The zero-order valence-corrected chi connectivity index (χ0v) is 28.9. The molecular formula is C42H29BrN4O4. The van der Waals surface area contributed by atoms with Gasteiger partial charge in [-0.2, -0.15) is 9.78 Å². The van der Waals surface area contributed by atoms with Crippen molar-refractivity contribution in [2.24, 2.45) is 5.10 Å². The van der Waals surface area contributed by atoms with Gasteiger partial charge in [0.2, 0.25) is 5.82 Å². The molecule has 8 rings (SSSR count). The maximum Gasteiger partial charge on any atom is 0.338 e. The van der Waals surface area contributed by atoms with Crippen LogP contribution in [0.4, 0.5) is 0 Å². The van der Waals surface area contributed by atoms with Gasteiger partial charge in [0, 0.05) is 21.1 Å². The number of furan rings is 1. The summed E-state index contributed by atoms with van der Waals surface area (Å²) in [6, 6.07) is 44.2. The van der Waals surface area contributed by atoms with Crippen LogP contribution in [0.15, 0.2) is 158 Å². The molecule has 0 saturated carbocycles. The molecule has 0 N–H and O–H groups in total. The van der Waals surface area contributed by atoms with E-state index >= 15 is 0 Å². The SMILES string of the molecule is CCOC(=O)c1ccc(-n2c(-c3ccccc3)cc(C=Nn3c(-c4cc5cc(Br)ccc5o4)nc4ccccc4c3=O)c2-c2ccccc2)cc1. The highest BCUT2D eigenvalue weighted by Gasteiger charge is 2.21. The van der Waals surface area contributed by atoms with Gasteiger partial charge in [-0.3, -0.25) is 4.79 Å². The number of benzene rings is 5. The van der Waals surface area contributed by atoms with E-state index in [0.717, 1.165) is 43.6 Å². The first kappa shape index (κ1) is 31.9. The summed E-state index contributed by atoms with van der Waals surface area (Å²) in [7, 11) is 0. The average Bonchev–Trinajstić information content (AvgIpc) is 3.77. The van der Waals surface area contributed by atoms with Crippen LogP contribution in [0.3, 0.4) is 0 Å². The van der Waals surface area contributed by atoms with Gasteiger partial charge in [-0.05, 0) is 84.8 Å². The molecule has 0 atom stereocenters. The zero-order chi connectivity index (χ0) is 34.9. The van der Waals surface area contributed by atoms with Gasteiger partial charge in [0.1, 0.15) is 5.58 Å². The molecule has 0 unspecified atom stereocenters. The molecule has 0 radical (unpaired) electrons. The van der Waals surface area contributed by atoms with Crippen LogP contribution in [0.25, 0.3) is 61.7 Å². The van der Waals surface area contributed by atoms with E-state index in [-0.39, 0.29) is 17.4 Å². The number of hydrogen-bond acceptors (Lipinski definition) is 6. The van der Waals surface area contributed by atoms with E-state index in [0.29, 0.717) is 34.4 Å². The van der Waals surface area contributed by atoms with Crippen LogP contribution in [-0.2, 0) is 4.74 Å². The molecule has 0 aliphatic rings. The van der Waals surface area contributed by atoms with Crippen LogP contribution in [0, 0.1) is 0 Å². The first-order valence-electron chi connectivity index (χ1n) is 16.4. The molecule has 9 heteroatoms.